The van der Waals surface area contributed by atoms with Crippen molar-refractivity contribution in [2.24, 2.45) is 0 Å². The van der Waals surface area contributed by atoms with Gasteiger partial charge in [-0.2, -0.15) is 18.4 Å². The number of carbonyl (C=O) groups is 1. The summed E-state index contributed by atoms with van der Waals surface area (Å²) in [6.07, 6.45) is -9.07. The van der Waals surface area contributed by atoms with Crippen LogP contribution in [0.2, 0.25) is 0 Å². The monoisotopic (exact) mass is 308 g/mol. The SMILES string of the molecule is CCOC(=O)Cc1nc(C(F)F)c(C#N)cc1C(F)(F)F. The summed E-state index contributed by atoms with van der Waals surface area (Å²) in [6, 6.07) is 1.50. The zero-order valence-corrected chi connectivity index (χ0v) is 10.7. The van der Waals surface area contributed by atoms with Crippen LogP contribution in [0.3, 0.4) is 0 Å². The molecule has 0 aromatic carbocycles. The minimum atomic E-state index is -4.93. The first-order chi connectivity index (χ1) is 9.70. The van der Waals surface area contributed by atoms with Gasteiger partial charge in [-0.15, -0.1) is 0 Å². The Bertz CT molecular complexity index is 578. The topological polar surface area (TPSA) is 63.0 Å². The van der Waals surface area contributed by atoms with Crippen LogP contribution in [-0.2, 0) is 22.1 Å². The Labute approximate surface area is 116 Å². The van der Waals surface area contributed by atoms with Gasteiger partial charge in [0.05, 0.1) is 29.8 Å². The lowest BCUT2D eigenvalue weighted by Crippen LogP contribution is -2.18. The summed E-state index contributed by atoms with van der Waals surface area (Å²) in [5.41, 5.74) is -4.28. The second-order valence-corrected chi connectivity index (χ2v) is 3.81. The van der Waals surface area contributed by atoms with Gasteiger partial charge in [-0.25, -0.2) is 13.8 Å². The fourth-order valence-electron chi connectivity index (χ4n) is 1.55. The number of aromatic nitrogens is 1. The molecule has 1 heterocycles. The number of esters is 1. The molecule has 0 atom stereocenters. The molecule has 0 spiro atoms. The summed E-state index contributed by atoms with van der Waals surface area (Å²) in [5.74, 6) is -1.03. The third-order valence-corrected chi connectivity index (χ3v) is 2.38. The highest BCUT2D eigenvalue weighted by Crippen LogP contribution is 2.34. The summed E-state index contributed by atoms with van der Waals surface area (Å²) in [5, 5.41) is 8.63. The van der Waals surface area contributed by atoms with Crippen LogP contribution in [0.5, 0.6) is 0 Å². The summed E-state index contributed by atoms with van der Waals surface area (Å²) < 4.78 is 68.4. The molecule has 0 amide bonds. The molecule has 4 nitrogen and oxygen atoms in total. The molecule has 0 fully saturated rings. The maximum absolute atomic E-state index is 12.8. The van der Waals surface area contributed by atoms with Gasteiger partial charge in [0.1, 0.15) is 11.8 Å². The van der Waals surface area contributed by atoms with Crippen molar-refractivity contribution < 1.29 is 31.5 Å². The summed E-state index contributed by atoms with van der Waals surface area (Å²) in [7, 11) is 0. The normalized spacial score (nSPS) is 11.3. The average molecular weight is 308 g/mol. The van der Waals surface area contributed by atoms with Crippen molar-refractivity contribution in [3.63, 3.8) is 0 Å². The van der Waals surface area contributed by atoms with Gasteiger partial charge in [0.15, 0.2) is 0 Å². The quantitative estimate of drug-likeness (QED) is 0.633. The number of alkyl halides is 5. The average Bonchev–Trinajstić information content (AvgIpc) is 2.37. The fourth-order valence-corrected chi connectivity index (χ4v) is 1.55. The minimum absolute atomic E-state index is 0.0713. The van der Waals surface area contributed by atoms with Crippen LogP contribution in [0, 0.1) is 11.3 Å². The molecule has 21 heavy (non-hydrogen) atoms. The molecule has 0 bridgehead atoms. The van der Waals surface area contributed by atoms with E-state index < -0.39 is 47.5 Å². The second-order valence-electron chi connectivity index (χ2n) is 3.81. The number of nitriles is 1. The number of ether oxygens (including phenoxy) is 1. The van der Waals surface area contributed by atoms with Gasteiger partial charge in [-0.3, -0.25) is 4.79 Å². The molecule has 1 aromatic rings. The van der Waals surface area contributed by atoms with Crippen molar-refractivity contribution in [3.8, 4) is 6.07 Å². The van der Waals surface area contributed by atoms with Crippen molar-refractivity contribution in [3.05, 3.63) is 28.6 Å². The third kappa shape index (κ3) is 4.11. The van der Waals surface area contributed by atoms with E-state index in [0.717, 1.165) is 0 Å². The molecule has 0 saturated heterocycles. The van der Waals surface area contributed by atoms with E-state index in [2.05, 4.69) is 9.72 Å². The predicted molar refractivity (Wildman–Crippen MR) is 59.2 cm³/mol. The Morgan fingerprint density at radius 2 is 2.10 bits per heavy atom. The van der Waals surface area contributed by atoms with Crippen LogP contribution in [0.1, 0.15) is 35.9 Å². The summed E-state index contributed by atoms with van der Waals surface area (Å²) in [4.78, 5) is 14.4. The van der Waals surface area contributed by atoms with E-state index in [1.807, 2.05) is 0 Å². The van der Waals surface area contributed by atoms with Gasteiger partial charge >= 0.3 is 12.1 Å². The molecular weight excluding hydrogens is 299 g/mol. The van der Waals surface area contributed by atoms with Gasteiger partial charge in [0.25, 0.3) is 6.43 Å². The Balaban J connectivity index is 3.41. The lowest BCUT2D eigenvalue weighted by atomic mass is 10.1. The zero-order valence-electron chi connectivity index (χ0n) is 10.7. The standard InChI is InChI=1S/C12H9F5N2O2/c1-2-21-9(20)4-8-7(12(15,16)17)3-6(5-18)10(19-8)11(13)14/h3,11H,2,4H2,1H3. The van der Waals surface area contributed by atoms with E-state index in [4.69, 9.17) is 5.26 Å². The molecule has 0 N–H and O–H groups in total. The van der Waals surface area contributed by atoms with E-state index in [0.29, 0.717) is 0 Å². The number of hydrogen-bond donors (Lipinski definition) is 0. The first-order valence-corrected chi connectivity index (χ1v) is 5.65. The van der Waals surface area contributed by atoms with E-state index in [-0.39, 0.29) is 12.7 Å². The van der Waals surface area contributed by atoms with Gasteiger partial charge in [-0.1, -0.05) is 0 Å². The van der Waals surface area contributed by atoms with Crippen molar-refractivity contribution in [1.29, 1.82) is 5.26 Å². The van der Waals surface area contributed by atoms with Gasteiger partial charge in [0, 0.05) is 0 Å². The molecule has 0 aliphatic carbocycles. The highest BCUT2D eigenvalue weighted by molar-refractivity contribution is 5.72. The van der Waals surface area contributed by atoms with E-state index >= 15 is 0 Å². The molecule has 0 aliphatic rings. The number of hydrogen-bond acceptors (Lipinski definition) is 4. The predicted octanol–water partition coefficient (Wildman–Crippen LogP) is 3.02. The van der Waals surface area contributed by atoms with E-state index in [9.17, 15) is 26.7 Å². The molecule has 0 unspecified atom stereocenters. The van der Waals surface area contributed by atoms with Crippen molar-refractivity contribution in [2.45, 2.75) is 25.9 Å². The molecule has 0 aliphatic heterocycles. The second kappa shape index (κ2) is 6.47. The van der Waals surface area contributed by atoms with Gasteiger partial charge in [0.2, 0.25) is 0 Å². The van der Waals surface area contributed by atoms with Crippen LogP contribution in [0.15, 0.2) is 6.07 Å². The first-order valence-electron chi connectivity index (χ1n) is 5.65. The Morgan fingerprint density at radius 1 is 1.48 bits per heavy atom. The molecule has 1 aromatic heterocycles. The summed E-state index contributed by atoms with van der Waals surface area (Å²) >= 11 is 0. The lowest BCUT2D eigenvalue weighted by molar-refractivity contribution is -0.143. The number of halogens is 5. The first kappa shape index (κ1) is 16.8. The van der Waals surface area contributed by atoms with Crippen LogP contribution >= 0.6 is 0 Å². The highest BCUT2D eigenvalue weighted by atomic mass is 19.4. The number of pyridine rings is 1. The molecule has 9 heteroatoms. The van der Waals surface area contributed by atoms with Crippen molar-refractivity contribution in [2.75, 3.05) is 6.61 Å². The molecule has 0 saturated carbocycles. The smallest absolute Gasteiger partial charge is 0.418 e. The highest BCUT2D eigenvalue weighted by Gasteiger charge is 2.36. The number of nitrogens with zero attached hydrogens (tertiary/aromatic N) is 2. The molecule has 0 radical (unpaired) electrons. The number of carbonyl (C=O) groups excluding carboxylic acids is 1. The van der Waals surface area contributed by atoms with Gasteiger partial charge < -0.3 is 4.74 Å². The Kier molecular flexibility index (Phi) is 5.18. The maximum Gasteiger partial charge on any atom is 0.418 e. The largest absolute Gasteiger partial charge is 0.466 e. The van der Waals surface area contributed by atoms with Crippen LogP contribution < -0.4 is 0 Å². The Morgan fingerprint density at radius 3 is 2.52 bits per heavy atom. The number of rotatable bonds is 4. The third-order valence-electron chi connectivity index (χ3n) is 2.38. The van der Waals surface area contributed by atoms with Crippen LogP contribution in [-0.4, -0.2) is 17.6 Å². The van der Waals surface area contributed by atoms with Gasteiger partial charge in [-0.05, 0) is 13.0 Å². The minimum Gasteiger partial charge on any atom is -0.466 e. The lowest BCUT2D eigenvalue weighted by Gasteiger charge is -2.14. The molecular formula is C12H9F5N2O2. The van der Waals surface area contributed by atoms with E-state index in [1.54, 1.807) is 0 Å². The Hall–Kier alpha value is -2.24. The van der Waals surface area contributed by atoms with Crippen LogP contribution in [0.25, 0.3) is 0 Å². The molecule has 1 rings (SSSR count). The van der Waals surface area contributed by atoms with E-state index in [1.165, 1.54) is 13.0 Å². The van der Waals surface area contributed by atoms with Crippen LogP contribution in [0.4, 0.5) is 22.0 Å². The molecule has 114 valence electrons. The van der Waals surface area contributed by atoms with Crippen molar-refractivity contribution in [1.82, 2.24) is 4.98 Å². The fraction of sp³-hybridized carbons (Fsp3) is 0.417. The van der Waals surface area contributed by atoms with Crippen molar-refractivity contribution >= 4 is 5.97 Å². The maximum atomic E-state index is 12.8. The summed E-state index contributed by atoms with van der Waals surface area (Å²) in [6.45, 7) is 1.37. The zero-order chi connectivity index (χ0) is 16.2.